The van der Waals surface area contributed by atoms with Crippen LogP contribution in [-0.2, 0) is 32.0 Å². The Morgan fingerprint density at radius 3 is 2.30 bits per heavy atom. The van der Waals surface area contributed by atoms with Crippen molar-refractivity contribution in [2.75, 3.05) is 12.3 Å². The molecule has 3 amide bonds. The van der Waals surface area contributed by atoms with Crippen LogP contribution in [0.25, 0.3) is 10.9 Å². The Morgan fingerprint density at radius 2 is 1.61 bits per heavy atom. The van der Waals surface area contributed by atoms with E-state index < -0.39 is 47.9 Å². The highest BCUT2D eigenvalue weighted by molar-refractivity contribution is 7.80. The maximum Gasteiger partial charge on any atom is 0.327 e. The molecule has 0 aliphatic carbocycles. The molecule has 0 saturated carbocycles. The topological polar surface area (TPSA) is 231 Å². The van der Waals surface area contributed by atoms with Crippen molar-refractivity contribution in [1.82, 2.24) is 20.9 Å². The predicted octanol–water partition coefficient (Wildman–Crippen LogP) is 0.111. The first-order chi connectivity index (χ1) is 21.0. The maximum absolute atomic E-state index is 13.7. The number of rotatable bonds is 16. The second-order valence-corrected chi connectivity index (χ2v) is 10.9. The van der Waals surface area contributed by atoms with E-state index in [4.69, 9.17) is 17.2 Å². The van der Waals surface area contributed by atoms with Crippen LogP contribution in [0.2, 0.25) is 0 Å². The van der Waals surface area contributed by atoms with Crippen LogP contribution in [0.15, 0.2) is 59.7 Å². The van der Waals surface area contributed by atoms with E-state index in [0.717, 1.165) is 27.6 Å². The number of hydrogen-bond acceptors (Lipinski definition) is 7. The average Bonchev–Trinajstić information content (AvgIpc) is 3.39. The second kappa shape index (κ2) is 16.3. The van der Waals surface area contributed by atoms with E-state index in [2.05, 4.69) is 38.6 Å². The van der Waals surface area contributed by atoms with Crippen molar-refractivity contribution >= 4 is 53.2 Å². The van der Waals surface area contributed by atoms with Crippen LogP contribution in [0.5, 0.6) is 0 Å². The summed E-state index contributed by atoms with van der Waals surface area (Å²) in [5, 5.41) is 18.2. The van der Waals surface area contributed by atoms with Gasteiger partial charge in [0.25, 0.3) is 0 Å². The van der Waals surface area contributed by atoms with Crippen molar-refractivity contribution in [2.45, 2.75) is 56.8 Å². The number of aliphatic imine (C=N–C) groups is 1. The normalized spacial score (nSPS) is 13.7. The van der Waals surface area contributed by atoms with Gasteiger partial charge in [-0.1, -0.05) is 48.0 Å². The van der Waals surface area contributed by atoms with Crippen molar-refractivity contribution in [1.29, 1.82) is 0 Å². The smallest absolute Gasteiger partial charge is 0.327 e. The zero-order valence-corrected chi connectivity index (χ0v) is 25.3. The van der Waals surface area contributed by atoms with E-state index in [9.17, 15) is 24.3 Å². The largest absolute Gasteiger partial charge is 0.480 e. The summed E-state index contributed by atoms with van der Waals surface area (Å²) in [4.78, 5) is 58.8. The Balaban J connectivity index is 1.82. The van der Waals surface area contributed by atoms with Crippen molar-refractivity contribution in [3.63, 3.8) is 0 Å². The SMILES string of the molecule is Cc1cccc(C[C@@H](N)C(=O)N[C@@H](CCCN=C(N)N)C(=O)N[C@@H](Cc2c[nH]c3ccccc23)C(=O)N[C@@H](CS)C(=O)O)c1. The number of para-hydroxylation sites is 1. The van der Waals surface area contributed by atoms with Crippen molar-refractivity contribution in [3.05, 3.63) is 71.4 Å². The van der Waals surface area contributed by atoms with Gasteiger partial charge in [0.05, 0.1) is 6.04 Å². The lowest BCUT2D eigenvalue weighted by molar-refractivity contribution is -0.141. The van der Waals surface area contributed by atoms with Crippen LogP contribution in [0, 0.1) is 6.92 Å². The fourth-order valence-corrected chi connectivity index (χ4v) is 4.94. The van der Waals surface area contributed by atoms with Crippen molar-refractivity contribution in [3.8, 4) is 0 Å². The number of aliphatic carboxylic acids is 1. The minimum atomic E-state index is -1.28. The number of nitrogens with two attached hydrogens (primary N) is 3. The van der Waals surface area contributed by atoms with E-state index in [1.807, 2.05) is 55.5 Å². The number of guanidine groups is 1. The van der Waals surface area contributed by atoms with Crippen LogP contribution < -0.4 is 33.2 Å². The fourth-order valence-electron chi connectivity index (χ4n) is 4.70. The number of thiol groups is 1. The molecule has 0 bridgehead atoms. The molecule has 13 nitrogen and oxygen atoms in total. The summed E-state index contributed by atoms with van der Waals surface area (Å²) in [6, 6.07) is 10.6. The molecule has 2 aromatic carbocycles. The third-order valence-corrected chi connectivity index (χ3v) is 7.35. The van der Waals surface area contributed by atoms with E-state index >= 15 is 0 Å². The molecule has 0 aliphatic rings. The molecule has 1 aromatic heterocycles. The first-order valence-corrected chi connectivity index (χ1v) is 14.8. The number of nitrogens with zero attached hydrogens (tertiary/aromatic N) is 1. The third kappa shape index (κ3) is 10.0. The molecule has 11 N–H and O–H groups in total. The van der Waals surface area contributed by atoms with Crippen LogP contribution in [-0.4, -0.2) is 76.2 Å². The average molecular weight is 625 g/mol. The highest BCUT2D eigenvalue weighted by Gasteiger charge is 2.30. The second-order valence-electron chi connectivity index (χ2n) is 10.5. The van der Waals surface area contributed by atoms with Crippen LogP contribution >= 0.6 is 12.6 Å². The van der Waals surface area contributed by atoms with E-state index in [1.165, 1.54) is 0 Å². The molecule has 4 atom stereocenters. The quantitative estimate of drug-likeness (QED) is 0.0458. The van der Waals surface area contributed by atoms with Gasteiger partial charge in [-0.25, -0.2) is 4.79 Å². The van der Waals surface area contributed by atoms with Gasteiger partial charge >= 0.3 is 5.97 Å². The molecular weight excluding hydrogens is 584 g/mol. The van der Waals surface area contributed by atoms with Crippen molar-refractivity contribution < 1.29 is 24.3 Å². The Kier molecular flexibility index (Phi) is 12.6. The predicted molar refractivity (Wildman–Crippen MR) is 172 cm³/mol. The summed E-state index contributed by atoms with van der Waals surface area (Å²) in [6.45, 7) is 2.14. The van der Waals surface area contributed by atoms with E-state index in [1.54, 1.807) is 6.20 Å². The number of benzene rings is 2. The van der Waals surface area contributed by atoms with E-state index in [-0.39, 0.29) is 37.5 Å². The van der Waals surface area contributed by atoms with Crippen LogP contribution in [0.1, 0.15) is 29.5 Å². The number of aromatic amines is 1. The first kappa shape index (κ1) is 33.9. The van der Waals surface area contributed by atoms with Gasteiger partial charge < -0.3 is 43.2 Å². The van der Waals surface area contributed by atoms with Crippen LogP contribution in [0.4, 0.5) is 0 Å². The first-order valence-electron chi connectivity index (χ1n) is 14.1. The number of carboxylic acids is 1. The summed E-state index contributed by atoms with van der Waals surface area (Å²) in [5.41, 5.74) is 20.5. The number of amides is 3. The molecule has 0 saturated heterocycles. The number of nitrogens with one attached hydrogen (secondary N) is 4. The number of hydrogen-bond donors (Lipinski definition) is 9. The molecule has 3 rings (SSSR count). The molecule has 236 valence electrons. The number of aryl methyl sites for hydroxylation is 1. The molecule has 0 fully saturated rings. The highest BCUT2D eigenvalue weighted by atomic mass is 32.1. The van der Waals surface area contributed by atoms with Gasteiger partial charge in [0.15, 0.2) is 5.96 Å². The molecule has 3 aromatic rings. The van der Waals surface area contributed by atoms with Gasteiger partial charge in [-0.15, -0.1) is 0 Å². The number of carbonyl (C=O) groups is 4. The number of aromatic nitrogens is 1. The summed E-state index contributed by atoms with van der Waals surface area (Å²) in [7, 11) is 0. The lowest BCUT2D eigenvalue weighted by Gasteiger charge is -2.25. The summed E-state index contributed by atoms with van der Waals surface area (Å²) < 4.78 is 0. The molecule has 0 aliphatic heterocycles. The molecular formula is C30H40N8O5S. The number of H-pyrrole nitrogens is 1. The zero-order chi connectivity index (χ0) is 32.2. The van der Waals surface area contributed by atoms with Crippen molar-refractivity contribution in [2.24, 2.45) is 22.2 Å². The highest BCUT2D eigenvalue weighted by Crippen LogP contribution is 2.19. The lowest BCUT2D eigenvalue weighted by atomic mass is 10.0. The van der Waals surface area contributed by atoms with Crippen LogP contribution in [0.3, 0.4) is 0 Å². The molecule has 44 heavy (non-hydrogen) atoms. The Bertz CT molecular complexity index is 1490. The Labute approximate surface area is 260 Å². The summed E-state index contributed by atoms with van der Waals surface area (Å²) in [5.74, 6) is -3.44. The molecule has 1 heterocycles. The summed E-state index contributed by atoms with van der Waals surface area (Å²) >= 11 is 4.02. The molecule has 0 radical (unpaired) electrons. The van der Waals surface area contributed by atoms with Gasteiger partial charge in [-0.3, -0.25) is 19.4 Å². The van der Waals surface area contributed by atoms with Gasteiger partial charge in [-0.05, 0) is 43.4 Å². The van der Waals surface area contributed by atoms with Gasteiger partial charge in [-0.2, -0.15) is 12.6 Å². The van der Waals surface area contributed by atoms with Gasteiger partial charge in [0.1, 0.15) is 18.1 Å². The standard InChI is InChI=1S/C30H40N8O5S/c1-17-6-4-7-18(12-17)13-21(31)26(39)36-23(10-5-11-34-30(32)33)27(40)37-24(28(41)38-25(16-44)29(42)43)14-19-15-35-22-9-3-2-8-20(19)22/h2-4,6-9,12,15,21,23-25,35,44H,5,10-11,13-14,16,31H2,1H3,(H,36,39)(H,37,40)(H,38,41)(H,42,43)(H4,32,33,34)/t21-,23+,24+,25+/m1/s1. The minimum Gasteiger partial charge on any atom is -0.480 e. The van der Waals surface area contributed by atoms with Gasteiger partial charge in [0.2, 0.25) is 17.7 Å². The zero-order valence-electron chi connectivity index (χ0n) is 24.5. The number of carboxylic acid groups (broad SMARTS) is 1. The Hall–Kier alpha value is -4.56. The number of fused-ring (bicyclic) bond motifs is 1. The third-order valence-electron chi connectivity index (χ3n) is 6.98. The Morgan fingerprint density at radius 1 is 0.932 bits per heavy atom. The number of carbonyl (C=O) groups excluding carboxylic acids is 3. The fraction of sp³-hybridized carbons (Fsp3) is 0.367. The molecule has 0 spiro atoms. The lowest BCUT2D eigenvalue weighted by Crippen LogP contribution is -2.58. The summed E-state index contributed by atoms with van der Waals surface area (Å²) in [6.07, 6.45) is 2.50. The molecule has 14 heteroatoms. The monoisotopic (exact) mass is 624 g/mol. The molecule has 0 unspecified atom stereocenters. The maximum atomic E-state index is 13.7. The minimum absolute atomic E-state index is 0.0437. The van der Waals surface area contributed by atoms with E-state index in [0.29, 0.717) is 6.42 Å². The van der Waals surface area contributed by atoms with Gasteiger partial charge in [0, 0.05) is 35.8 Å².